The zero-order valence-corrected chi connectivity index (χ0v) is 7.82. The summed E-state index contributed by atoms with van der Waals surface area (Å²) in [6.07, 6.45) is 1.78. The Morgan fingerprint density at radius 2 is 2.40 bits per heavy atom. The number of hydrogen-bond acceptors (Lipinski definition) is 4. The number of carbonyl (C=O) groups excluding carboxylic acids is 1. The monoisotopic (exact) mass is 206 g/mol. The molecule has 1 amide bonds. The standard InChI is InChI=1S/C8H10N6O/c9-7-6(12-14-13-7)8(15)11-4-5-2-1-3-10-5/h1-3,10H,4H2,(H,11,15)(H3,9,12,13,14). The third kappa shape index (κ3) is 1.96. The van der Waals surface area contributed by atoms with Crippen molar-refractivity contribution in [2.75, 3.05) is 5.73 Å². The fourth-order valence-electron chi connectivity index (χ4n) is 1.14. The second-order valence-corrected chi connectivity index (χ2v) is 2.94. The molecule has 0 aliphatic carbocycles. The highest BCUT2D eigenvalue weighted by molar-refractivity contribution is 5.96. The number of nitrogens with two attached hydrogens (primary N) is 1. The second kappa shape index (κ2) is 3.82. The van der Waals surface area contributed by atoms with Crippen LogP contribution < -0.4 is 11.1 Å². The van der Waals surface area contributed by atoms with Crippen LogP contribution in [0.5, 0.6) is 0 Å². The molecular weight excluding hydrogens is 196 g/mol. The first-order chi connectivity index (χ1) is 7.27. The molecule has 0 fully saturated rings. The smallest absolute Gasteiger partial charge is 0.276 e. The van der Waals surface area contributed by atoms with E-state index in [0.29, 0.717) is 6.54 Å². The highest BCUT2D eigenvalue weighted by Gasteiger charge is 2.13. The van der Waals surface area contributed by atoms with Crippen molar-refractivity contribution in [3.05, 3.63) is 29.7 Å². The van der Waals surface area contributed by atoms with E-state index in [-0.39, 0.29) is 17.4 Å². The van der Waals surface area contributed by atoms with Gasteiger partial charge in [-0.15, -0.1) is 10.2 Å². The molecule has 2 rings (SSSR count). The second-order valence-electron chi connectivity index (χ2n) is 2.94. The molecule has 7 heteroatoms. The van der Waals surface area contributed by atoms with E-state index in [9.17, 15) is 4.79 Å². The fraction of sp³-hybridized carbons (Fsp3) is 0.125. The molecule has 0 saturated heterocycles. The lowest BCUT2D eigenvalue weighted by molar-refractivity contribution is 0.0946. The molecule has 0 aromatic carbocycles. The molecule has 7 nitrogen and oxygen atoms in total. The van der Waals surface area contributed by atoms with Crippen molar-refractivity contribution >= 4 is 11.7 Å². The Hall–Kier alpha value is -2.31. The average Bonchev–Trinajstić information content (AvgIpc) is 2.84. The van der Waals surface area contributed by atoms with E-state index >= 15 is 0 Å². The van der Waals surface area contributed by atoms with Crippen LogP contribution in [0.3, 0.4) is 0 Å². The normalized spacial score (nSPS) is 10.1. The summed E-state index contributed by atoms with van der Waals surface area (Å²) in [7, 11) is 0. The van der Waals surface area contributed by atoms with E-state index in [1.165, 1.54) is 0 Å². The maximum absolute atomic E-state index is 11.5. The Morgan fingerprint density at radius 1 is 1.53 bits per heavy atom. The molecule has 2 aromatic heterocycles. The van der Waals surface area contributed by atoms with Crippen LogP contribution in [0.2, 0.25) is 0 Å². The van der Waals surface area contributed by atoms with Gasteiger partial charge in [0.2, 0.25) is 0 Å². The zero-order chi connectivity index (χ0) is 10.7. The number of nitrogen functional groups attached to an aromatic ring is 1. The molecule has 15 heavy (non-hydrogen) atoms. The van der Waals surface area contributed by atoms with E-state index in [1.54, 1.807) is 6.20 Å². The Kier molecular flexibility index (Phi) is 2.36. The zero-order valence-electron chi connectivity index (χ0n) is 7.82. The lowest BCUT2D eigenvalue weighted by atomic mass is 10.3. The molecule has 78 valence electrons. The van der Waals surface area contributed by atoms with Crippen LogP contribution in [0.15, 0.2) is 18.3 Å². The first-order valence-corrected chi connectivity index (χ1v) is 4.34. The van der Waals surface area contributed by atoms with Crippen molar-refractivity contribution < 1.29 is 4.79 Å². The van der Waals surface area contributed by atoms with Gasteiger partial charge >= 0.3 is 0 Å². The van der Waals surface area contributed by atoms with Gasteiger partial charge in [0.1, 0.15) is 0 Å². The van der Waals surface area contributed by atoms with Crippen molar-refractivity contribution in [2.24, 2.45) is 0 Å². The number of nitrogens with one attached hydrogen (secondary N) is 3. The van der Waals surface area contributed by atoms with Crippen molar-refractivity contribution in [2.45, 2.75) is 6.54 Å². The van der Waals surface area contributed by atoms with Crippen LogP contribution >= 0.6 is 0 Å². The molecule has 5 N–H and O–H groups in total. The van der Waals surface area contributed by atoms with Gasteiger partial charge in [0.15, 0.2) is 11.5 Å². The quantitative estimate of drug-likeness (QED) is 0.549. The van der Waals surface area contributed by atoms with Crippen molar-refractivity contribution in [3.63, 3.8) is 0 Å². The summed E-state index contributed by atoms with van der Waals surface area (Å²) < 4.78 is 0. The summed E-state index contributed by atoms with van der Waals surface area (Å²) in [6, 6.07) is 3.72. The summed E-state index contributed by atoms with van der Waals surface area (Å²) in [4.78, 5) is 14.5. The van der Waals surface area contributed by atoms with Gasteiger partial charge < -0.3 is 16.0 Å². The molecular formula is C8H10N6O. The molecule has 0 aliphatic heterocycles. The number of hydrogen-bond donors (Lipinski definition) is 4. The van der Waals surface area contributed by atoms with Crippen LogP contribution in [0, 0.1) is 0 Å². The first-order valence-electron chi connectivity index (χ1n) is 4.34. The van der Waals surface area contributed by atoms with Crippen molar-refractivity contribution in [1.82, 2.24) is 25.7 Å². The van der Waals surface area contributed by atoms with Gasteiger partial charge in [-0.2, -0.15) is 5.21 Å². The summed E-state index contributed by atoms with van der Waals surface area (Å²) in [5.41, 5.74) is 6.44. The molecule has 0 aliphatic rings. The van der Waals surface area contributed by atoms with Gasteiger partial charge in [-0.05, 0) is 12.1 Å². The fourth-order valence-corrected chi connectivity index (χ4v) is 1.14. The molecule has 2 heterocycles. The topological polar surface area (TPSA) is 112 Å². The Morgan fingerprint density at radius 3 is 3.00 bits per heavy atom. The first kappa shape index (κ1) is 9.25. The van der Waals surface area contributed by atoms with Crippen LogP contribution in [-0.4, -0.2) is 26.3 Å². The van der Waals surface area contributed by atoms with E-state index < -0.39 is 0 Å². The van der Waals surface area contributed by atoms with Crippen molar-refractivity contribution in [1.29, 1.82) is 0 Å². The Bertz CT molecular complexity index is 445. The minimum atomic E-state index is -0.351. The van der Waals surface area contributed by atoms with E-state index in [2.05, 4.69) is 25.7 Å². The van der Waals surface area contributed by atoms with Crippen LogP contribution in [0.25, 0.3) is 0 Å². The minimum Gasteiger partial charge on any atom is -0.380 e. The number of anilines is 1. The molecule has 2 aromatic rings. The van der Waals surface area contributed by atoms with Crippen LogP contribution in [-0.2, 0) is 6.54 Å². The number of nitrogens with zero attached hydrogens (tertiary/aromatic N) is 2. The van der Waals surface area contributed by atoms with Gasteiger partial charge in [-0.3, -0.25) is 4.79 Å². The maximum Gasteiger partial charge on any atom is 0.276 e. The van der Waals surface area contributed by atoms with Crippen molar-refractivity contribution in [3.8, 4) is 0 Å². The lowest BCUT2D eigenvalue weighted by Crippen LogP contribution is -2.24. The summed E-state index contributed by atoms with van der Waals surface area (Å²) in [5.74, 6) is -0.255. The minimum absolute atomic E-state index is 0.0963. The highest BCUT2D eigenvalue weighted by Crippen LogP contribution is 2.02. The number of H-pyrrole nitrogens is 2. The van der Waals surface area contributed by atoms with Gasteiger partial charge in [-0.25, -0.2) is 0 Å². The summed E-state index contributed by atoms with van der Waals surface area (Å²) in [6.45, 7) is 0.401. The summed E-state index contributed by atoms with van der Waals surface area (Å²) in [5, 5.41) is 12.1. The number of amides is 1. The Labute approximate surface area is 85.1 Å². The highest BCUT2D eigenvalue weighted by atomic mass is 16.2. The molecule has 0 atom stereocenters. The van der Waals surface area contributed by atoms with E-state index in [4.69, 9.17) is 5.73 Å². The predicted octanol–water partition coefficient (Wildman–Crippen LogP) is -0.355. The lowest BCUT2D eigenvalue weighted by Gasteiger charge is -2.00. The summed E-state index contributed by atoms with van der Waals surface area (Å²) >= 11 is 0. The Balaban J connectivity index is 1.96. The van der Waals surface area contributed by atoms with E-state index in [0.717, 1.165) is 5.69 Å². The van der Waals surface area contributed by atoms with Crippen LogP contribution in [0.4, 0.5) is 5.82 Å². The predicted molar refractivity (Wildman–Crippen MR) is 52.8 cm³/mol. The van der Waals surface area contributed by atoms with Gasteiger partial charge in [0, 0.05) is 11.9 Å². The number of rotatable bonds is 3. The third-order valence-electron chi connectivity index (χ3n) is 1.89. The third-order valence-corrected chi connectivity index (χ3v) is 1.89. The molecule has 0 radical (unpaired) electrons. The molecule has 0 unspecified atom stereocenters. The van der Waals surface area contributed by atoms with Gasteiger partial charge in [0.25, 0.3) is 5.91 Å². The average molecular weight is 206 g/mol. The SMILES string of the molecule is Nc1n[nH]nc1C(=O)NCc1ccc[nH]1. The van der Waals surface area contributed by atoms with Gasteiger partial charge in [-0.1, -0.05) is 0 Å². The van der Waals surface area contributed by atoms with E-state index in [1.807, 2.05) is 12.1 Å². The largest absolute Gasteiger partial charge is 0.380 e. The molecule has 0 saturated carbocycles. The van der Waals surface area contributed by atoms with Gasteiger partial charge in [0.05, 0.1) is 6.54 Å². The maximum atomic E-state index is 11.5. The number of aromatic amines is 2. The molecule has 0 bridgehead atoms. The number of aromatic nitrogens is 4. The van der Waals surface area contributed by atoms with Crippen LogP contribution in [0.1, 0.15) is 16.2 Å². The number of carbonyl (C=O) groups is 1. The molecule has 0 spiro atoms.